The molecule has 5 heteroatoms. The molecule has 0 unspecified atom stereocenters. The molecule has 0 radical (unpaired) electrons. The maximum atomic E-state index is 8.58. The van der Waals surface area contributed by atoms with Crippen LogP contribution in [0, 0.1) is 11.5 Å². The van der Waals surface area contributed by atoms with E-state index < -0.39 is 0 Å². The molecule has 2 rings (SSSR count). The second-order valence-corrected chi connectivity index (χ2v) is 3.79. The van der Waals surface area contributed by atoms with E-state index in [4.69, 9.17) is 5.26 Å². The van der Waals surface area contributed by atoms with Crippen LogP contribution in [-0.2, 0) is 0 Å². The van der Waals surface area contributed by atoms with Crippen molar-refractivity contribution >= 4 is 15.9 Å². The fourth-order valence-corrected chi connectivity index (χ4v) is 1.54. The number of rotatable bonds is 1. The predicted molar refractivity (Wildman–Crippen MR) is 62.4 cm³/mol. The van der Waals surface area contributed by atoms with Crippen LogP contribution >= 0.6 is 15.9 Å². The number of nitrogens with zero attached hydrogens (tertiary/aromatic N) is 4. The van der Waals surface area contributed by atoms with E-state index in [2.05, 4.69) is 25.9 Å². The molecule has 0 N–H and O–H groups in total. The van der Waals surface area contributed by atoms with Crippen LogP contribution in [0.3, 0.4) is 0 Å². The fraction of sp³-hybridized carbons (Fsp3) is 0. The second-order valence-electron chi connectivity index (χ2n) is 2.98. The predicted octanol–water partition coefficient (Wildman–Crippen LogP) is 2.02. The van der Waals surface area contributed by atoms with E-state index in [1.165, 1.54) is 0 Å². The second kappa shape index (κ2) is 4.73. The molecule has 0 amide bonds. The van der Waals surface area contributed by atoms with Crippen LogP contribution < -0.4 is 5.49 Å². The van der Waals surface area contributed by atoms with Crippen LogP contribution in [0.4, 0.5) is 0 Å². The van der Waals surface area contributed by atoms with Crippen molar-refractivity contribution < 1.29 is 0 Å². The lowest BCUT2D eigenvalue weighted by Crippen LogP contribution is -2.17. The first kappa shape index (κ1) is 10.6. The molecular formula is C11H7BrN4. The number of nitriles is 1. The number of aromatic nitrogens is 2. The van der Waals surface area contributed by atoms with Gasteiger partial charge in [-0.15, -0.1) is 0 Å². The Bertz CT molecular complexity index is 592. The van der Waals surface area contributed by atoms with Gasteiger partial charge in [-0.1, -0.05) is 6.07 Å². The molecule has 16 heavy (non-hydrogen) atoms. The highest BCUT2D eigenvalue weighted by Crippen LogP contribution is 2.08. The van der Waals surface area contributed by atoms with Crippen LogP contribution in [0.25, 0.3) is 5.69 Å². The Morgan fingerprint density at radius 1 is 1.31 bits per heavy atom. The molecule has 0 bridgehead atoms. The Labute approximate surface area is 101 Å². The zero-order valence-electron chi connectivity index (χ0n) is 8.21. The third kappa shape index (κ3) is 2.18. The van der Waals surface area contributed by atoms with Gasteiger partial charge in [-0.2, -0.15) is 10.3 Å². The van der Waals surface area contributed by atoms with E-state index in [9.17, 15) is 0 Å². The van der Waals surface area contributed by atoms with E-state index in [-0.39, 0.29) is 0 Å². The van der Waals surface area contributed by atoms with Gasteiger partial charge in [0.15, 0.2) is 0 Å². The van der Waals surface area contributed by atoms with Gasteiger partial charge in [-0.05, 0) is 40.2 Å². The smallest absolute Gasteiger partial charge is 0.207 e. The van der Waals surface area contributed by atoms with E-state index in [0.717, 1.165) is 10.3 Å². The van der Waals surface area contributed by atoms with Crippen molar-refractivity contribution in [1.29, 1.82) is 5.26 Å². The highest BCUT2D eigenvalue weighted by Gasteiger charge is 1.97. The molecule has 2 aromatic rings. The molecule has 4 nitrogen and oxygen atoms in total. The molecule has 0 aliphatic heterocycles. The van der Waals surface area contributed by atoms with Crippen molar-refractivity contribution in [3.63, 3.8) is 0 Å². The molecule has 2 heterocycles. The molecule has 0 atom stereocenters. The molecule has 0 saturated carbocycles. The van der Waals surface area contributed by atoms with Crippen LogP contribution in [0.15, 0.2) is 52.3 Å². The van der Waals surface area contributed by atoms with Crippen molar-refractivity contribution in [2.45, 2.75) is 0 Å². The fourth-order valence-electron chi connectivity index (χ4n) is 1.31. The minimum atomic E-state index is 0.578. The van der Waals surface area contributed by atoms with E-state index in [1.54, 1.807) is 23.0 Å². The normalized spacial score (nSPS) is 11.1. The first-order chi connectivity index (χ1) is 7.81. The van der Waals surface area contributed by atoms with E-state index in [0.29, 0.717) is 5.49 Å². The summed E-state index contributed by atoms with van der Waals surface area (Å²) < 4.78 is 2.56. The number of hydrogen-bond acceptors (Lipinski definition) is 3. The highest BCUT2D eigenvalue weighted by molar-refractivity contribution is 9.10. The SMILES string of the molecule is N#C/N=c1\ccccn1-c1ccc(Br)nc1. The van der Waals surface area contributed by atoms with Gasteiger partial charge in [0.2, 0.25) is 6.19 Å². The third-order valence-electron chi connectivity index (χ3n) is 1.99. The van der Waals surface area contributed by atoms with Crippen molar-refractivity contribution in [3.8, 4) is 11.9 Å². The van der Waals surface area contributed by atoms with Crippen molar-refractivity contribution in [1.82, 2.24) is 9.55 Å². The molecule has 0 fully saturated rings. The number of hydrogen-bond donors (Lipinski definition) is 0. The summed E-state index contributed by atoms with van der Waals surface area (Å²) >= 11 is 3.27. The minimum Gasteiger partial charge on any atom is -0.300 e. The summed E-state index contributed by atoms with van der Waals surface area (Å²) in [6.45, 7) is 0. The molecule has 0 aromatic carbocycles. The molecule has 2 aromatic heterocycles. The van der Waals surface area contributed by atoms with Gasteiger partial charge in [-0.25, -0.2) is 4.98 Å². The van der Waals surface area contributed by atoms with Crippen LogP contribution in [0.5, 0.6) is 0 Å². The average Bonchev–Trinajstić information content (AvgIpc) is 2.32. The summed E-state index contributed by atoms with van der Waals surface area (Å²) in [5.41, 5.74) is 1.44. The highest BCUT2D eigenvalue weighted by atomic mass is 79.9. The molecule has 0 aliphatic carbocycles. The number of halogens is 1. The van der Waals surface area contributed by atoms with Gasteiger partial charge in [0.1, 0.15) is 10.1 Å². The molecule has 0 spiro atoms. The molecule has 0 saturated heterocycles. The van der Waals surface area contributed by atoms with E-state index in [1.807, 2.05) is 30.5 Å². The third-order valence-corrected chi connectivity index (χ3v) is 2.46. The van der Waals surface area contributed by atoms with Gasteiger partial charge in [0, 0.05) is 6.20 Å². The summed E-state index contributed by atoms with van der Waals surface area (Å²) in [6, 6.07) is 9.21. The maximum Gasteiger partial charge on any atom is 0.207 e. The minimum absolute atomic E-state index is 0.578. The summed E-state index contributed by atoms with van der Waals surface area (Å²) in [4.78, 5) is 7.86. The molecule has 78 valence electrons. The van der Waals surface area contributed by atoms with Gasteiger partial charge >= 0.3 is 0 Å². The Morgan fingerprint density at radius 3 is 2.88 bits per heavy atom. The quantitative estimate of drug-likeness (QED) is 0.590. The average molecular weight is 275 g/mol. The molecule has 0 aliphatic rings. The lowest BCUT2D eigenvalue weighted by atomic mass is 10.4. The van der Waals surface area contributed by atoms with Crippen LogP contribution in [-0.4, -0.2) is 9.55 Å². The topological polar surface area (TPSA) is 54.0 Å². The Kier molecular flexibility index (Phi) is 3.13. The van der Waals surface area contributed by atoms with Gasteiger partial charge in [0.05, 0.1) is 11.9 Å². The Hall–Kier alpha value is -1.93. The molecular weight excluding hydrogens is 268 g/mol. The Balaban J connectivity index is 2.61. The largest absolute Gasteiger partial charge is 0.300 e. The zero-order chi connectivity index (χ0) is 11.4. The lowest BCUT2D eigenvalue weighted by molar-refractivity contribution is 0.941. The standard InChI is InChI=1S/C11H7BrN4/c12-10-5-4-9(7-14-10)16-6-2-1-3-11(16)15-8-13/h1-7H/b15-11+. The first-order valence-electron chi connectivity index (χ1n) is 4.54. The summed E-state index contributed by atoms with van der Waals surface area (Å²) in [5, 5.41) is 8.58. The monoisotopic (exact) mass is 274 g/mol. The summed E-state index contributed by atoms with van der Waals surface area (Å²) in [6.07, 6.45) is 5.32. The van der Waals surface area contributed by atoms with Crippen LogP contribution in [0.2, 0.25) is 0 Å². The lowest BCUT2D eigenvalue weighted by Gasteiger charge is -2.05. The maximum absolute atomic E-state index is 8.58. The van der Waals surface area contributed by atoms with Crippen LogP contribution in [0.1, 0.15) is 0 Å². The zero-order valence-corrected chi connectivity index (χ0v) is 9.79. The van der Waals surface area contributed by atoms with Crippen molar-refractivity contribution in [3.05, 3.63) is 52.8 Å². The summed E-state index contributed by atoms with van der Waals surface area (Å²) in [7, 11) is 0. The first-order valence-corrected chi connectivity index (χ1v) is 5.33. The summed E-state index contributed by atoms with van der Waals surface area (Å²) in [5.74, 6) is 0. The van der Waals surface area contributed by atoms with E-state index >= 15 is 0 Å². The van der Waals surface area contributed by atoms with Gasteiger partial charge in [0.25, 0.3) is 0 Å². The van der Waals surface area contributed by atoms with Crippen molar-refractivity contribution in [2.24, 2.45) is 4.99 Å². The van der Waals surface area contributed by atoms with Gasteiger partial charge in [-0.3, -0.25) is 4.57 Å². The Morgan fingerprint density at radius 2 is 2.19 bits per heavy atom. The van der Waals surface area contributed by atoms with Gasteiger partial charge < -0.3 is 0 Å². The van der Waals surface area contributed by atoms with Crippen molar-refractivity contribution in [2.75, 3.05) is 0 Å². The number of pyridine rings is 2.